The Kier molecular flexibility index (Phi) is 11.3. The summed E-state index contributed by atoms with van der Waals surface area (Å²) in [6.45, 7) is 4.59. The first-order valence-electron chi connectivity index (χ1n) is 28.6. The third-order valence-corrected chi connectivity index (χ3v) is 19.0. The number of para-hydroxylation sites is 3. The standard InChI is InChI=1S/C74H58N6S/c1-47(51-36-39-67-61(43-51)72-70(79(67)56-30-16-7-17-31-56)57-32-18-20-34-65(57)77(72)54-26-12-5-13-27-54)42-59-48(2)81-69-41-38-53(44-60(59)69)52-37-40-68-62(45-52)73-71(58-33-19-21-35-66(58)78(73)55-28-14-6-15-29-55)80(68)74-75-63(49-22-8-3-9-23-49)46-64(76-74)50-24-10-4-11-25-50/h3-14,16-28,30-46,58,66,70-73H,15,29H2,1-2H3/b47-42+. The van der Waals surface area contributed by atoms with Crippen molar-refractivity contribution in [1.82, 2.24) is 14.9 Å². The molecule has 2 aromatic heterocycles. The topological polar surface area (TPSA) is 38.7 Å². The number of thiophene rings is 1. The Bertz CT molecular complexity index is 4210. The van der Waals surface area contributed by atoms with E-state index in [1.807, 2.05) is 11.3 Å². The van der Waals surface area contributed by atoms with Crippen molar-refractivity contribution in [3.8, 4) is 33.6 Å². The van der Waals surface area contributed by atoms with Crippen LogP contribution in [-0.4, -0.2) is 27.0 Å². The van der Waals surface area contributed by atoms with Gasteiger partial charge in [-0.15, -0.1) is 11.3 Å². The molecule has 6 unspecified atom stereocenters. The third-order valence-electron chi connectivity index (χ3n) is 17.9. The summed E-state index contributed by atoms with van der Waals surface area (Å²) < 4.78 is 1.30. The first kappa shape index (κ1) is 47.7. The van der Waals surface area contributed by atoms with Gasteiger partial charge in [0.25, 0.3) is 0 Å². The summed E-state index contributed by atoms with van der Waals surface area (Å²) in [5.74, 6) is 0.944. The summed E-state index contributed by atoms with van der Waals surface area (Å²) in [7, 11) is 0. The van der Waals surface area contributed by atoms with E-state index in [1.54, 1.807) is 0 Å². The number of nitrogens with zero attached hydrogens (tertiary/aromatic N) is 6. The van der Waals surface area contributed by atoms with Gasteiger partial charge in [0.05, 0.1) is 41.6 Å². The number of hydrogen-bond acceptors (Lipinski definition) is 7. The molecule has 0 radical (unpaired) electrons. The lowest BCUT2D eigenvalue weighted by atomic mass is 9.90. The largest absolute Gasteiger partial charge is 0.358 e. The first-order valence-corrected chi connectivity index (χ1v) is 29.4. The number of hydrogen-bond donors (Lipinski definition) is 0. The van der Waals surface area contributed by atoms with Crippen LogP contribution in [0.2, 0.25) is 0 Å². The number of likely N-dealkylation sites (tertiary alicyclic amines) is 1. The predicted molar refractivity (Wildman–Crippen MR) is 336 cm³/mol. The molecule has 7 heteroatoms. The summed E-state index contributed by atoms with van der Waals surface area (Å²) in [4.78, 5) is 22.7. The average Bonchev–Trinajstić information content (AvgIpc) is 4.37. The van der Waals surface area contributed by atoms with Crippen molar-refractivity contribution in [1.29, 1.82) is 0 Å². The molecule has 0 amide bonds. The third kappa shape index (κ3) is 7.73. The number of allylic oxidation sites excluding steroid dienone is 7. The molecule has 6 atom stereocenters. The molecule has 8 aromatic carbocycles. The SMILES string of the molecule is C/C(=C\c1c(C)sc2ccc(-c3ccc4c(c3)C3C(C5C=CC=CC5N3C3=CC=CCC3)N4c3nc(-c4ccccc4)cc(-c4ccccc4)n3)cc12)c1ccc2c(c1)C1C(c3ccccc3N1c1ccccc1)N2c1ccccc1. The van der Waals surface area contributed by atoms with E-state index in [0.717, 1.165) is 41.3 Å². The highest BCUT2D eigenvalue weighted by Gasteiger charge is 2.57. The Hall–Kier alpha value is -9.30. The van der Waals surface area contributed by atoms with Crippen LogP contribution < -0.4 is 14.7 Å². The Morgan fingerprint density at radius 1 is 0.531 bits per heavy atom. The summed E-state index contributed by atoms with van der Waals surface area (Å²) in [5.41, 5.74) is 21.7. The van der Waals surface area contributed by atoms with Crippen LogP contribution in [-0.2, 0) is 0 Å². The van der Waals surface area contributed by atoms with Gasteiger partial charge in [-0.3, -0.25) is 0 Å². The number of aromatic nitrogens is 2. The normalized spacial score (nSPS) is 21.0. The Labute approximate surface area is 478 Å². The van der Waals surface area contributed by atoms with E-state index in [0.29, 0.717) is 0 Å². The highest BCUT2D eigenvalue weighted by molar-refractivity contribution is 7.19. The molecule has 6 aliphatic rings. The van der Waals surface area contributed by atoms with Gasteiger partial charge in [0.15, 0.2) is 0 Å². The van der Waals surface area contributed by atoms with Crippen molar-refractivity contribution < 1.29 is 0 Å². The predicted octanol–water partition coefficient (Wildman–Crippen LogP) is 18.9. The maximum atomic E-state index is 5.51. The highest BCUT2D eigenvalue weighted by Crippen LogP contribution is 2.63. The average molecular weight is 1060 g/mol. The lowest BCUT2D eigenvalue weighted by molar-refractivity contribution is 0.268. The Morgan fingerprint density at radius 3 is 1.83 bits per heavy atom. The van der Waals surface area contributed by atoms with Crippen LogP contribution in [0, 0.1) is 12.8 Å². The molecule has 0 N–H and O–H groups in total. The summed E-state index contributed by atoms with van der Waals surface area (Å²) in [5, 5.41) is 1.29. The van der Waals surface area contributed by atoms with Gasteiger partial charge in [0.1, 0.15) is 0 Å². The van der Waals surface area contributed by atoms with Gasteiger partial charge >= 0.3 is 0 Å². The molecular formula is C74H58N6S. The van der Waals surface area contributed by atoms with Crippen molar-refractivity contribution in [3.63, 3.8) is 0 Å². The minimum absolute atomic E-state index is 0.0570. The van der Waals surface area contributed by atoms with E-state index in [1.165, 1.54) is 93.6 Å². The molecule has 6 nitrogen and oxygen atoms in total. The molecule has 81 heavy (non-hydrogen) atoms. The van der Waals surface area contributed by atoms with Gasteiger partial charge in [0.2, 0.25) is 5.95 Å². The van der Waals surface area contributed by atoms with Crippen LogP contribution in [0.15, 0.2) is 254 Å². The van der Waals surface area contributed by atoms with Gasteiger partial charge in [-0.2, -0.15) is 0 Å². The van der Waals surface area contributed by atoms with Gasteiger partial charge in [0, 0.05) is 82.8 Å². The van der Waals surface area contributed by atoms with Gasteiger partial charge in [-0.25, -0.2) is 9.97 Å². The summed E-state index contributed by atoms with van der Waals surface area (Å²) >= 11 is 1.89. The van der Waals surface area contributed by atoms with E-state index < -0.39 is 0 Å². The van der Waals surface area contributed by atoms with Gasteiger partial charge in [-0.05, 0) is 139 Å². The fourth-order valence-electron chi connectivity index (χ4n) is 14.3. The second kappa shape index (κ2) is 19.2. The van der Waals surface area contributed by atoms with Crippen molar-refractivity contribution in [2.75, 3.05) is 14.7 Å². The van der Waals surface area contributed by atoms with Crippen molar-refractivity contribution in [2.45, 2.75) is 56.9 Å². The van der Waals surface area contributed by atoms with Crippen LogP contribution in [0.25, 0.3) is 55.4 Å². The number of anilines is 6. The number of aryl methyl sites for hydroxylation is 1. The van der Waals surface area contributed by atoms with Crippen LogP contribution in [0.4, 0.5) is 34.4 Å². The minimum Gasteiger partial charge on any atom is -0.358 e. The Morgan fingerprint density at radius 2 is 1.12 bits per heavy atom. The molecule has 0 bridgehead atoms. The van der Waals surface area contributed by atoms with Crippen LogP contribution >= 0.6 is 11.3 Å². The molecule has 16 rings (SSSR count). The van der Waals surface area contributed by atoms with Crippen LogP contribution in [0.5, 0.6) is 0 Å². The fraction of sp³-hybridized carbons (Fsp3) is 0.135. The smallest absolute Gasteiger partial charge is 0.231 e. The maximum absolute atomic E-state index is 5.51. The second-order valence-electron chi connectivity index (χ2n) is 22.4. The minimum atomic E-state index is 0.0570. The highest BCUT2D eigenvalue weighted by atomic mass is 32.1. The second-order valence-corrected chi connectivity index (χ2v) is 23.6. The molecule has 10 aromatic rings. The fourth-order valence-corrected chi connectivity index (χ4v) is 15.3. The molecule has 0 saturated carbocycles. The van der Waals surface area contributed by atoms with Crippen LogP contribution in [0.3, 0.4) is 0 Å². The summed E-state index contributed by atoms with van der Waals surface area (Å²) in [6, 6.07) is 76.3. The molecular weight excluding hydrogens is 1000 g/mol. The molecule has 2 aliphatic carbocycles. The van der Waals surface area contributed by atoms with E-state index in [4.69, 9.17) is 9.97 Å². The number of rotatable bonds is 9. The zero-order valence-corrected chi connectivity index (χ0v) is 46.0. The molecule has 390 valence electrons. The monoisotopic (exact) mass is 1060 g/mol. The van der Waals surface area contributed by atoms with E-state index in [9.17, 15) is 0 Å². The van der Waals surface area contributed by atoms with Crippen LogP contribution in [0.1, 0.15) is 70.6 Å². The van der Waals surface area contributed by atoms with Gasteiger partial charge < -0.3 is 19.6 Å². The maximum Gasteiger partial charge on any atom is 0.231 e. The van der Waals surface area contributed by atoms with E-state index >= 15 is 0 Å². The van der Waals surface area contributed by atoms with Crippen molar-refractivity contribution in [3.05, 3.63) is 287 Å². The molecule has 0 spiro atoms. The zero-order chi connectivity index (χ0) is 53.7. The number of fused-ring (bicyclic) bond motifs is 11. The van der Waals surface area contributed by atoms with E-state index in [2.05, 4.69) is 288 Å². The molecule has 1 fully saturated rings. The van der Waals surface area contributed by atoms with Crippen molar-refractivity contribution in [2.24, 2.45) is 5.92 Å². The van der Waals surface area contributed by atoms with Gasteiger partial charge in [-0.1, -0.05) is 170 Å². The van der Waals surface area contributed by atoms with E-state index in [-0.39, 0.29) is 36.1 Å². The lowest BCUT2D eigenvalue weighted by Gasteiger charge is -2.35. The quantitative estimate of drug-likeness (QED) is 0.143. The molecule has 4 aliphatic heterocycles. The zero-order valence-electron chi connectivity index (χ0n) is 45.2. The number of benzene rings is 8. The summed E-state index contributed by atoms with van der Waals surface area (Å²) in [6.07, 6.45) is 20.8. The first-order chi connectivity index (χ1) is 40.0. The van der Waals surface area contributed by atoms with Crippen molar-refractivity contribution >= 4 is 67.5 Å². The molecule has 6 heterocycles. The molecule has 1 saturated heterocycles. The Balaban J connectivity index is 0.808. The lowest BCUT2D eigenvalue weighted by Crippen LogP contribution is -2.36.